The van der Waals surface area contributed by atoms with Crippen molar-refractivity contribution in [3.63, 3.8) is 0 Å². The summed E-state index contributed by atoms with van der Waals surface area (Å²) in [5.41, 5.74) is 0.103. The average molecular weight is 433 g/mol. The predicted octanol–water partition coefficient (Wildman–Crippen LogP) is 2.39. The Balaban J connectivity index is 1.49. The van der Waals surface area contributed by atoms with Gasteiger partial charge in [0.05, 0.1) is 37.6 Å². The number of rotatable bonds is 4. The van der Waals surface area contributed by atoms with E-state index in [1.165, 1.54) is 7.11 Å². The Labute approximate surface area is 182 Å². The summed E-state index contributed by atoms with van der Waals surface area (Å²) in [7, 11) is 2.88. The van der Waals surface area contributed by atoms with E-state index in [2.05, 4.69) is 24.8 Å². The molecular formula is C22H32N4O5. The fourth-order valence-corrected chi connectivity index (χ4v) is 5.32. The van der Waals surface area contributed by atoms with Crippen LogP contribution in [0.5, 0.6) is 5.75 Å². The monoisotopic (exact) mass is 432 g/mol. The third-order valence-corrected chi connectivity index (χ3v) is 7.01. The first-order valence-corrected chi connectivity index (χ1v) is 11.1. The van der Waals surface area contributed by atoms with Gasteiger partial charge in [-0.1, -0.05) is 0 Å². The summed E-state index contributed by atoms with van der Waals surface area (Å²) >= 11 is 0. The molecule has 0 radical (unpaired) electrons. The van der Waals surface area contributed by atoms with Crippen LogP contribution in [0.1, 0.15) is 44.9 Å². The smallest absolute Gasteiger partial charge is 0.411 e. The summed E-state index contributed by atoms with van der Waals surface area (Å²) in [6, 6.07) is 1.97. The summed E-state index contributed by atoms with van der Waals surface area (Å²) in [6.07, 6.45) is 6.77. The molecule has 9 heteroatoms. The van der Waals surface area contributed by atoms with Crippen LogP contribution >= 0.6 is 0 Å². The minimum atomic E-state index is -0.569. The summed E-state index contributed by atoms with van der Waals surface area (Å²) in [5.74, 6) is 1.49. The fourth-order valence-electron chi connectivity index (χ4n) is 5.32. The van der Waals surface area contributed by atoms with Crippen molar-refractivity contribution in [1.82, 2.24) is 9.88 Å². The van der Waals surface area contributed by atoms with E-state index in [9.17, 15) is 14.7 Å². The SMILES string of the molecule is COC(=O)Nc1cnc(N2CCC[C@@]3(CCN([C@H]4CC[C@H](O)CC4)C3=O)C2)c(OC)c1. The van der Waals surface area contributed by atoms with Gasteiger partial charge in [0, 0.05) is 31.7 Å². The van der Waals surface area contributed by atoms with Crippen LogP contribution in [-0.4, -0.2) is 73.0 Å². The van der Waals surface area contributed by atoms with E-state index in [1.807, 2.05) is 0 Å². The number of hydrogen-bond acceptors (Lipinski definition) is 7. The first kappa shape index (κ1) is 21.7. The lowest BCUT2D eigenvalue weighted by atomic mass is 9.78. The molecule has 31 heavy (non-hydrogen) atoms. The van der Waals surface area contributed by atoms with Crippen LogP contribution < -0.4 is 15.0 Å². The van der Waals surface area contributed by atoms with Gasteiger partial charge in [-0.2, -0.15) is 0 Å². The number of ether oxygens (including phenoxy) is 2. The maximum absolute atomic E-state index is 13.5. The molecule has 1 aromatic rings. The molecule has 2 aliphatic heterocycles. The zero-order valence-corrected chi connectivity index (χ0v) is 18.3. The van der Waals surface area contributed by atoms with Gasteiger partial charge < -0.3 is 24.4 Å². The Morgan fingerprint density at radius 3 is 2.71 bits per heavy atom. The quantitative estimate of drug-likeness (QED) is 0.753. The molecule has 1 saturated carbocycles. The largest absolute Gasteiger partial charge is 0.493 e. The molecule has 1 spiro atoms. The number of nitrogens with one attached hydrogen (secondary N) is 1. The van der Waals surface area contributed by atoms with E-state index in [4.69, 9.17) is 4.74 Å². The lowest BCUT2D eigenvalue weighted by molar-refractivity contribution is -0.139. The Hall–Kier alpha value is -2.55. The van der Waals surface area contributed by atoms with E-state index < -0.39 is 6.09 Å². The minimum absolute atomic E-state index is 0.219. The van der Waals surface area contributed by atoms with E-state index in [1.54, 1.807) is 19.4 Å². The third kappa shape index (κ3) is 4.28. The molecule has 1 aliphatic carbocycles. The van der Waals surface area contributed by atoms with Gasteiger partial charge in [-0.25, -0.2) is 9.78 Å². The third-order valence-electron chi connectivity index (χ3n) is 7.01. The number of likely N-dealkylation sites (tertiary alicyclic amines) is 1. The number of carbonyl (C=O) groups excluding carboxylic acids is 2. The van der Waals surface area contributed by atoms with Crippen LogP contribution in [-0.2, 0) is 9.53 Å². The van der Waals surface area contributed by atoms with Gasteiger partial charge in [0.15, 0.2) is 11.6 Å². The van der Waals surface area contributed by atoms with Gasteiger partial charge >= 0.3 is 6.09 Å². The molecule has 0 unspecified atom stereocenters. The van der Waals surface area contributed by atoms with Crippen molar-refractivity contribution in [3.8, 4) is 5.75 Å². The highest BCUT2D eigenvalue weighted by Gasteiger charge is 2.51. The van der Waals surface area contributed by atoms with E-state index in [0.29, 0.717) is 23.8 Å². The Morgan fingerprint density at radius 1 is 1.23 bits per heavy atom. The van der Waals surface area contributed by atoms with Crippen LogP contribution in [0.25, 0.3) is 0 Å². The van der Waals surface area contributed by atoms with Crippen molar-refractivity contribution in [2.45, 2.75) is 57.1 Å². The minimum Gasteiger partial charge on any atom is -0.493 e. The number of piperidine rings is 1. The number of hydrogen-bond donors (Lipinski definition) is 2. The zero-order valence-electron chi connectivity index (χ0n) is 18.3. The van der Waals surface area contributed by atoms with Crippen molar-refractivity contribution >= 4 is 23.5 Å². The molecule has 1 aromatic heterocycles. The van der Waals surface area contributed by atoms with Crippen molar-refractivity contribution in [2.24, 2.45) is 5.41 Å². The van der Waals surface area contributed by atoms with E-state index in [-0.39, 0.29) is 23.5 Å². The van der Waals surface area contributed by atoms with Gasteiger partial charge in [0.25, 0.3) is 0 Å². The topological polar surface area (TPSA) is 104 Å². The standard InChI is InChI=1S/C22H32N4O5/c1-30-18-12-15(24-21(29)31-2)13-23-19(18)25-10-3-8-22(14-25)9-11-26(20(22)28)16-4-6-17(27)7-5-16/h12-13,16-17,27H,3-11,14H2,1-2H3,(H,24,29)/t16-,17-,22-/m1/s1. The molecule has 2 amide bonds. The second-order valence-corrected chi connectivity index (χ2v) is 8.88. The molecule has 3 fully saturated rings. The highest BCUT2D eigenvalue weighted by Crippen LogP contribution is 2.44. The predicted molar refractivity (Wildman–Crippen MR) is 115 cm³/mol. The molecule has 3 aliphatic rings. The number of aliphatic hydroxyl groups excluding tert-OH is 1. The van der Waals surface area contributed by atoms with E-state index >= 15 is 0 Å². The lowest BCUT2D eigenvalue weighted by Crippen LogP contribution is -2.50. The summed E-state index contributed by atoms with van der Waals surface area (Å²) in [4.78, 5) is 33.8. The van der Waals surface area contributed by atoms with Crippen molar-refractivity contribution in [3.05, 3.63) is 12.3 Å². The molecular weight excluding hydrogens is 400 g/mol. The highest BCUT2D eigenvalue weighted by atomic mass is 16.5. The van der Waals surface area contributed by atoms with Crippen LogP contribution in [0.3, 0.4) is 0 Å². The number of pyridine rings is 1. The first-order chi connectivity index (χ1) is 15.0. The number of carbonyl (C=O) groups is 2. The van der Waals surface area contributed by atoms with Gasteiger partial charge in [-0.05, 0) is 44.9 Å². The van der Waals surface area contributed by atoms with Crippen molar-refractivity contribution in [1.29, 1.82) is 0 Å². The van der Waals surface area contributed by atoms with Gasteiger partial charge in [-0.15, -0.1) is 0 Å². The highest BCUT2D eigenvalue weighted by molar-refractivity contribution is 5.87. The molecule has 1 atom stereocenters. The normalized spacial score (nSPS) is 28.7. The van der Waals surface area contributed by atoms with Gasteiger partial charge in [-0.3, -0.25) is 10.1 Å². The molecule has 0 bridgehead atoms. The molecule has 3 heterocycles. The van der Waals surface area contributed by atoms with Crippen LogP contribution in [0.15, 0.2) is 12.3 Å². The molecule has 0 aromatic carbocycles. The van der Waals surface area contributed by atoms with Crippen LogP contribution in [0, 0.1) is 5.41 Å². The maximum Gasteiger partial charge on any atom is 0.411 e. The molecule has 4 rings (SSSR count). The van der Waals surface area contributed by atoms with Crippen LogP contribution in [0.4, 0.5) is 16.3 Å². The van der Waals surface area contributed by atoms with Crippen LogP contribution in [0.2, 0.25) is 0 Å². The summed E-state index contributed by atoms with van der Waals surface area (Å²) < 4.78 is 10.2. The number of methoxy groups -OCH3 is 2. The van der Waals surface area contributed by atoms with Gasteiger partial charge in [0.1, 0.15) is 0 Å². The molecule has 2 saturated heterocycles. The number of nitrogens with zero attached hydrogens (tertiary/aromatic N) is 3. The fraction of sp³-hybridized carbons (Fsp3) is 0.682. The summed E-state index contributed by atoms with van der Waals surface area (Å²) in [6.45, 7) is 2.21. The first-order valence-electron chi connectivity index (χ1n) is 11.1. The lowest BCUT2D eigenvalue weighted by Gasteiger charge is -2.41. The Kier molecular flexibility index (Phi) is 6.22. The Bertz CT molecular complexity index is 826. The van der Waals surface area contributed by atoms with Gasteiger partial charge in [0.2, 0.25) is 5.91 Å². The number of aromatic nitrogens is 1. The summed E-state index contributed by atoms with van der Waals surface area (Å²) in [5, 5.41) is 12.4. The molecule has 170 valence electrons. The Morgan fingerprint density at radius 2 is 2.00 bits per heavy atom. The molecule has 9 nitrogen and oxygen atoms in total. The average Bonchev–Trinajstić information content (AvgIpc) is 3.09. The second kappa shape index (κ2) is 8.90. The van der Waals surface area contributed by atoms with Crippen molar-refractivity contribution in [2.75, 3.05) is 44.1 Å². The van der Waals surface area contributed by atoms with Crippen molar-refractivity contribution < 1.29 is 24.2 Å². The number of anilines is 2. The van der Waals surface area contributed by atoms with E-state index in [0.717, 1.165) is 58.0 Å². The second-order valence-electron chi connectivity index (χ2n) is 8.88. The number of aliphatic hydroxyl groups is 1. The number of amides is 2. The zero-order chi connectivity index (χ0) is 22.0. The maximum atomic E-state index is 13.5. The molecule has 2 N–H and O–H groups in total.